The molecule has 3 heterocycles. The van der Waals surface area contributed by atoms with E-state index in [1.807, 2.05) is 0 Å². The highest BCUT2D eigenvalue weighted by molar-refractivity contribution is 7.91. The molecule has 0 aliphatic carbocycles. The van der Waals surface area contributed by atoms with Crippen LogP contribution in [0.15, 0.2) is 40.9 Å². The molecule has 1 aliphatic heterocycles. The van der Waals surface area contributed by atoms with Gasteiger partial charge in [0.2, 0.25) is 5.91 Å². The van der Waals surface area contributed by atoms with Gasteiger partial charge in [0.05, 0.1) is 10.4 Å². The van der Waals surface area contributed by atoms with Crippen molar-refractivity contribution in [3.8, 4) is 0 Å². The molecule has 1 fully saturated rings. The van der Waals surface area contributed by atoms with E-state index in [4.69, 9.17) is 5.73 Å². The number of rotatable bonds is 6. The van der Waals surface area contributed by atoms with Gasteiger partial charge in [0.15, 0.2) is 5.82 Å². The summed E-state index contributed by atoms with van der Waals surface area (Å²) >= 11 is 0.181. The van der Waals surface area contributed by atoms with Crippen molar-refractivity contribution >= 4 is 33.0 Å². The summed E-state index contributed by atoms with van der Waals surface area (Å²) in [5, 5.41) is 17.0. The van der Waals surface area contributed by atoms with Crippen LogP contribution in [0.1, 0.15) is 33.5 Å². The number of thiophene rings is 1. The van der Waals surface area contributed by atoms with Crippen molar-refractivity contribution in [2.75, 3.05) is 24.5 Å². The zero-order valence-electron chi connectivity index (χ0n) is 19.8. The number of hydrogen-bond donors (Lipinski definition) is 3. The maximum atomic E-state index is 13.9. The van der Waals surface area contributed by atoms with Crippen molar-refractivity contribution in [1.29, 1.82) is 0 Å². The van der Waals surface area contributed by atoms with Crippen LogP contribution < -0.4 is 10.6 Å². The lowest BCUT2D eigenvalue weighted by Crippen LogP contribution is -2.54. The van der Waals surface area contributed by atoms with Gasteiger partial charge in [0, 0.05) is 36.9 Å². The Morgan fingerprint density at radius 3 is 2.38 bits per heavy atom. The minimum Gasteiger partial charge on any atom is -0.369 e. The summed E-state index contributed by atoms with van der Waals surface area (Å²) in [5.74, 6) is -2.00. The molecule has 18 heteroatoms. The van der Waals surface area contributed by atoms with Crippen LogP contribution in [-0.2, 0) is 21.8 Å². The first kappa shape index (κ1) is 28.8. The average molecular weight is 599 g/mol. The Bertz CT molecular complexity index is 1470. The van der Waals surface area contributed by atoms with Crippen LogP contribution in [0.3, 0.4) is 0 Å². The molecular formula is C21H20F6N6O4S2. The molecule has 1 aliphatic rings. The van der Waals surface area contributed by atoms with Crippen molar-refractivity contribution in [2.24, 2.45) is 5.73 Å². The molecule has 1 amide bonds. The Balaban J connectivity index is 1.62. The first-order chi connectivity index (χ1) is 18.0. The van der Waals surface area contributed by atoms with E-state index < -0.39 is 60.4 Å². The van der Waals surface area contributed by atoms with Crippen molar-refractivity contribution in [2.45, 2.75) is 35.1 Å². The summed E-state index contributed by atoms with van der Waals surface area (Å²) in [6.07, 6.45) is -9.29. The molecule has 1 saturated heterocycles. The third kappa shape index (κ3) is 5.08. The number of hydrogen-bond acceptors (Lipinski definition) is 8. The zero-order chi connectivity index (χ0) is 29.0. The minimum absolute atomic E-state index is 0.181. The van der Waals surface area contributed by atoms with Gasteiger partial charge in [0.1, 0.15) is 10.5 Å². The Labute approximate surface area is 221 Å². The van der Waals surface area contributed by atoms with Crippen molar-refractivity contribution in [1.82, 2.24) is 19.5 Å². The molecule has 4 rings (SSSR count). The van der Waals surface area contributed by atoms with E-state index in [2.05, 4.69) is 15.2 Å². The highest BCUT2D eigenvalue weighted by Crippen LogP contribution is 2.46. The number of nitrogens with zero attached hydrogens (tertiary/aromatic N) is 4. The number of aliphatic hydroxyl groups is 1. The second-order valence-electron chi connectivity index (χ2n) is 8.67. The van der Waals surface area contributed by atoms with Crippen LogP contribution in [0.2, 0.25) is 0 Å². The molecule has 0 bridgehead atoms. The van der Waals surface area contributed by atoms with Gasteiger partial charge in [-0.05, 0) is 37.3 Å². The van der Waals surface area contributed by atoms with Gasteiger partial charge >= 0.3 is 12.4 Å². The van der Waals surface area contributed by atoms with Crippen LogP contribution in [0, 0.1) is 0 Å². The quantitative estimate of drug-likeness (QED) is 0.370. The van der Waals surface area contributed by atoms with Gasteiger partial charge in [-0.2, -0.15) is 30.6 Å². The van der Waals surface area contributed by atoms with E-state index in [1.54, 1.807) is 0 Å². The highest BCUT2D eigenvalue weighted by atomic mass is 32.2. The second-order valence-corrected chi connectivity index (χ2v) is 11.9. The Morgan fingerprint density at radius 2 is 1.85 bits per heavy atom. The zero-order valence-corrected chi connectivity index (χ0v) is 21.4. The number of primary amides is 1. The van der Waals surface area contributed by atoms with Gasteiger partial charge in [-0.3, -0.25) is 4.79 Å². The largest absolute Gasteiger partial charge is 0.429 e. The number of benzene rings is 1. The first-order valence-corrected chi connectivity index (χ1v) is 13.3. The van der Waals surface area contributed by atoms with E-state index in [9.17, 15) is 44.7 Å². The third-order valence-electron chi connectivity index (χ3n) is 6.16. The normalized spacial score (nSPS) is 19.2. The van der Waals surface area contributed by atoms with Crippen LogP contribution in [0.4, 0.5) is 32.0 Å². The fraction of sp³-hybridized carbons (Fsp3) is 0.381. The van der Waals surface area contributed by atoms with Crippen molar-refractivity contribution < 1.29 is 44.7 Å². The monoisotopic (exact) mass is 598 g/mol. The van der Waals surface area contributed by atoms with Crippen molar-refractivity contribution in [3.05, 3.63) is 58.5 Å². The third-order valence-corrected chi connectivity index (χ3v) is 9.84. The van der Waals surface area contributed by atoms with Crippen molar-refractivity contribution in [3.63, 3.8) is 0 Å². The molecule has 0 saturated carbocycles. The predicted molar refractivity (Wildman–Crippen MR) is 125 cm³/mol. The summed E-state index contributed by atoms with van der Waals surface area (Å²) < 4.78 is 110. The molecule has 0 spiro atoms. The lowest BCUT2D eigenvalue weighted by molar-refractivity contribution is -0.249. The molecule has 4 N–H and O–H groups in total. The topological polar surface area (TPSA) is 146 Å². The Hall–Kier alpha value is -3.22. The number of piperazine rings is 1. The fourth-order valence-corrected chi connectivity index (χ4v) is 7.41. The van der Waals surface area contributed by atoms with Crippen LogP contribution in [0.25, 0.3) is 0 Å². The number of nitrogens with two attached hydrogens (primary N) is 1. The number of aromatic amines is 1. The molecule has 0 radical (unpaired) electrons. The number of carbonyl (C=O) groups is 1. The summed E-state index contributed by atoms with van der Waals surface area (Å²) in [5.41, 5.74) is -0.307. The van der Waals surface area contributed by atoms with Gasteiger partial charge in [-0.25, -0.2) is 8.42 Å². The standard InChI is InChI=1S/C21H20F6N6O4S2/c1-11-9-32(14-3-2-12(17(28)34)8-13(14)20(22,23)24)6-7-33(11)39(36,37)16-5-4-15(38-16)19(35,21(25,26)27)18-29-10-30-31-18/h2-5,8,10-11,35H,6-7,9H2,1H3,(H2,28,34)(H,29,30,31)/t11-,19?/m1/s1. The maximum Gasteiger partial charge on any atom is 0.429 e. The molecule has 39 heavy (non-hydrogen) atoms. The SMILES string of the molecule is C[C@@H]1CN(c2ccc(C(N)=O)cc2C(F)(F)F)CCN1S(=O)(=O)c1ccc(C(O)(c2nnc[nH]2)C(F)(F)F)s1. The summed E-state index contributed by atoms with van der Waals surface area (Å²) in [7, 11) is -4.41. The Kier molecular flexibility index (Phi) is 7.20. The van der Waals surface area contributed by atoms with Crippen LogP contribution in [-0.4, -0.2) is 70.8 Å². The number of aromatic nitrogens is 3. The number of alkyl halides is 6. The molecule has 1 unspecified atom stereocenters. The van der Waals surface area contributed by atoms with Gasteiger partial charge in [-0.15, -0.1) is 21.5 Å². The molecule has 1 aromatic carbocycles. The predicted octanol–water partition coefficient (Wildman–Crippen LogP) is 2.68. The summed E-state index contributed by atoms with van der Waals surface area (Å²) in [6, 6.07) is 3.64. The number of amides is 1. The summed E-state index contributed by atoms with van der Waals surface area (Å²) in [6.45, 7) is 0.757. The number of H-pyrrole nitrogens is 1. The van der Waals surface area contributed by atoms with Crippen LogP contribution in [0.5, 0.6) is 0 Å². The van der Waals surface area contributed by atoms with Gasteiger partial charge < -0.3 is 20.7 Å². The van der Waals surface area contributed by atoms with E-state index >= 15 is 0 Å². The second kappa shape index (κ2) is 9.76. The molecule has 3 aromatic rings. The van der Waals surface area contributed by atoms with E-state index in [-0.39, 0.29) is 42.2 Å². The maximum absolute atomic E-state index is 13.9. The van der Waals surface area contributed by atoms with Gasteiger partial charge in [0.25, 0.3) is 15.6 Å². The highest BCUT2D eigenvalue weighted by Gasteiger charge is 2.60. The first-order valence-electron chi connectivity index (χ1n) is 11.0. The fourth-order valence-electron chi connectivity index (χ4n) is 4.25. The lowest BCUT2D eigenvalue weighted by atomic mass is 10.0. The number of halogens is 6. The number of nitrogens with one attached hydrogen (secondary N) is 1. The van der Waals surface area contributed by atoms with E-state index in [0.29, 0.717) is 6.07 Å². The van der Waals surface area contributed by atoms with Gasteiger partial charge in [-0.1, -0.05) is 0 Å². The number of sulfonamides is 1. The molecule has 2 aromatic heterocycles. The van der Waals surface area contributed by atoms with E-state index in [1.165, 1.54) is 11.8 Å². The average Bonchev–Trinajstić information content (AvgIpc) is 3.55. The van der Waals surface area contributed by atoms with Crippen LogP contribution >= 0.6 is 11.3 Å². The molecule has 212 valence electrons. The number of anilines is 1. The Morgan fingerprint density at radius 1 is 1.15 bits per heavy atom. The smallest absolute Gasteiger partial charge is 0.369 e. The minimum atomic E-state index is -5.28. The lowest BCUT2D eigenvalue weighted by Gasteiger charge is -2.40. The molecule has 10 nitrogen and oxygen atoms in total. The molecule has 2 atom stereocenters. The number of carbonyl (C=O) groups excluding carboxylic acids is 1. The van der Waals surface area contributed by atoms with E-state index in [0.717, 1.165) is 34.9 Å². The molecular weight excluding hydrogens is 578 g/mol. The summed E-state index contributed by atoms with van der Waals surface area (Å²) in [4.78, 5) is 14.0.